The zero-order chi connectivity index (χ0) is 8.55. The second-order valence-electron chi connectivity index (χ2n) is 4.82. The molecule has 0 aromatic carbocycles. The maximum Gasteiger partial charge on any atom is -0.0286 e. The van der Waals surface area contributed by atoms with Crippen LogP contribution in [0.4, 0.5) is 0 Å². The fourth-order valence-corrected chi connectivity index (χ4v) is 2.95. The Morgan fingerprint density at radius 3 is 1.92 bits per heavy atom. The van der Waals surface area contributed by atoms with E-state index in [0.29, 0.717) is 0 Å². The average Bonchev–Trinajstić information content (AvgIpc) is 2.46. The SMILES string of the molecule is CC(C)=C1CC2CCCCC2C1. The molecule has 2 aliphatic rings. The third-order valence-electron chi connectivity index (χ3n) is 3.79. The van der Waals surface area contributed by atoms with E-state index in [0.717, 1.165) is 11.8 Å². The first kappa shape index (κ1) is 8.34. The van der Waals surface area contributed by atoms with Crippen molar-refractivity contribution in [3.05, 3.63) is 11.1 Å². The van der Waals surface area contributed by atoms with Crippen LogP contribution in [-0.2, 0) is 0 Å². The molecular weight excluding hydrogens is 144 g/mol. The maximum absolute atomic E-state index is 2.28. The Hall–Kier alpha value is -0.260. The van der Waals surface area contributed by atoms with Crippen LogP contribution < -0.4 is 0 Å². The zero-order valence-electron chi connectivity index (χ0n) is 8.40. The Bertz CT molecular complexity index is 180. The predicted molar refractivity (Wildman–Crippen MR) is 53.1 cm³/mol. The number of hydrogen-bond acceptors (Lipinski definition) is 0. The zero-order valence-corrected chi connectivity index (χ0v) is 8.40. The third kappa shape index (κ3) is 1.44. The minimum Gasteiger partial charge on any atom is -0.0772 e. The predicted octanol–water partition coefficient (Wildman–Crippen LogP) is 3.92. The summed E-state index contributed by atoms with van der Waals surface area (Å²) in [4.78, 5) is 0. The summed E-state index contributed by atoms with van der Waals surface area (Å²) in [5.41, 5.74) is 3.39. The Balaban J connectivity index is 2.08. The van der Waals surface area contributed by atoms with E-state index in [2.05, 4.69) is 13.8 Å². The molecule has 0 heteroatoms. The lowest BCUT2D eigenvalue weighted by atomic mass is 9.82. The van der Waals surface area contributed by atoms with Gasteiger partial charge < -0.3 is 0 Å². The van der Waals surface area contributed by atoms with Gasteiger partial charge in [0.15, 0.2) is 0 Å². The van der Waals surface area contributed by atoms with Gasteiger partial charge in [-0.2, -0.15) is 0 Å². The van der Waals surface area contributed by atoms with Crippen molar-refractivity contribution >= 4 is 0 Å². The molecule has 0 amide bonds. The topological polar surface area (TPSA) is 0 Å². The standard InChI is InChI=1S/C12H20/c1-9(2)12-7-10-5-3-4-6-11(10)8-12/h10-11H,3-8H2,1-2H3. The van der Waals surface area contributed by atoms with E-state index in [9.17, 15) is 0 Å². The van der Waals surface area contributed by atoms with Gasteiger partial charge in [0.1, 0.15) is 0 Å². The fraction of sp³-hybridized carbons (Fsp3) is 0.833. The summed E-state index contributed by atoms with van der Waals surface area (Å²) in [5.74, 6) is 2.15. The molecule has 2 saturated carbocycles. The van der Waals surface area contributed by atoms with Crippen LogP contribution in [0, 0.1) is 11.8 Å². The second kappa shape index (κ2) is 3.24. The summed E-state index contributed by atoms with van der Waals surface area (Å²) in [7, 11) is 0. The molecule has 0 heterocycles. The smallest absolute Gasteiger partial charge is 0.0286 e. The van der Waals surface area contributed by atoms with Crippen LogP contribution in [0.15, 0.2) is 11.1 Å². The molecule has 0 N–H and O–H groups in total. The summed E-state index contributed by atoms with van der Waals surface area (Å²) in [6.07, 6.45) is 8.90. The van der Waals surface area contributed by atoms with Gasteiger partial charge in [-0.1, -0.05) is 24.0 Å². The van der Waals surface area contributed by atoms with E-state index >= 15 is 0 Å². The van der Waals surface area contributed by atoms with Gasteiger partial charge in [0.05, 0.1) is 0 Å². The normalized spacial score (nSPS) is 35.0. The van der Waals surface area contributed by atoms with Crippen molar-refractivity contribution in [3.63, 3.8) is 0 Å². The Labute approximate surface area is 76.1 Å². The molecule has 12 heavy (non-hydrogen) atoms. The van der Waals surface area contributed by atoms with Crippen molar-refractivity contribution in [2.24, 2.45) is 11.8 Å². The lowest BCUT2D eigenvalue weighted by Crippen LogP contribution is -2.12. The molecule has 2 atom stereocenters. The van der Waals surface area contributed by atoms with Gasteiger partial charge in [-0.3, -0.25) is 0 Å². The Morgan fingerprint density at radius 1 is 1.00 bits per heavy atom. The van der Waals surface area contributed by atoms with Crippen LogP contribution >= 0.6 is 0 Å². The number of rotatable bonds is 0. The van der Waals surface area contributed by atoms with Crippen LogP contribution in [0.5, 0.6) is 0 Å². The van der Waals surface area contributed by atoms with Gasteiger partial charge in [-0.25, -0.2) is 0 Å². The van der Waals surface area contributed by atoms with Crippen molar-refractivity contribution in [3.8, 4) is 0 Å². The summed E-state index contributed by atoms with van der Waals surface area (Å²) in [6, 6.07) is 0. The van der Waals surface area contributed by atoms with Gasteiger partial charge >= 0.3 is 0 Å². The van der Waals surface area contributed by atoms with Crippen molar-refractivity contribution in [2.75, 3.05) is 0 Å². The van der Waals surface area contributed by atoms with Crippen molar-refractivity contribution in [1.29, 1.82) is 0 Å². The van der Waals surface area contributed by atoms with E-state index in [-0.39, 0.29) is 0 Å². The van der Waals surface area contributed by atoms with Crippen LogP contribution in [0.3, 0.4) is 0 Å². The highest BCUT2D eigenvalue weighted by Crippen LogP contribution is 2.45. The maximum atomic E-state index is 2.28. The summed E-state index contributed by atoms with van der Waals surface area (Å²) in [6.45, 7) is 4.57. The van der Waals surface area contributed by atoms with Gasteiger partial charge in [0.25, 0.3) is 0 Å². The van der Waals surface area contributed by atoms with E-state index in [1.54, 1.807) is 11.1 Å². The van der Waals surface area contributed by atoms with Crippen molar-refractivity contribution < 1.29 is 0 Å². The summed E-state index contributed by atoms with van der Waals surface area (Å²) in [5, 5.41) is 0. The van der Waals surface area contributed by atoms with Gasteiger partial charge in [-0.05, 0) is 51.4 Å². The first-order chi connectivity index (χ1) is 5.77. The molecule has 2 fully saturated rings. The van der Waals surface area contributed by atoms with Crippen LogP contribution in [0.25, 0.3) is 0 Å². The Kier molecular flexibility index (Phi) is 2.25. The molecule has 0 nitrogen and oxygen atoms in total. The van der Waals surface area contributed by atoms with Gasteiger partial charge in [-0.15, -0.1) is 0 Å². The monoisotopic (exact) mass is 164 g/mol. The molecule has 2 rings (SSSR count). The highest BCUT2D eigenvalue weighted by atomic mass is 14.4. The molecule has 0 saturated heterocycles. The minimum atomic E-state index is 1.07. The first-order valence-electron chi connectivity index (χ1n) is 5.42. The largest absolute Gasteiger partial charge is 0.0772 e. The first-order valence-corrected chi connectivity index (χ1v) is 5.42. The van der Waals surface area contributed by atoms with Crippen LogP contribution in [0.2, 0.25) is 0 Å². The van der Waals surface area contributed by atoms with E-state index < -0.39 is 0 Å². The molecule has 68 valence electrons. The fourth-order valence-electron chi connectivity index (χ4n) is 2.95. The molecule has 0 spiro atoms. The quantitative estimate of drug-likeness (QED) is 0.476. The van der Waals surface area contributed by atoms with Crippen LogP contribution in [0.1, 0.15) is 52.4 Å². The van der Waals surface area contributed by atoms with Crippen molar-refractivity contribution in [1.82, 2.24) is 0 Å². The molecule has 2 unspecified atom stereocenters. The molecule has 2 aliphatic carbocycles. The lowest BCUT2D eigenvalue weighted by molar-refractivity contribution is 0.277. The molecule has 0 aromatic rings. The van der Waals surface area contributed by atoms with Crippen LogP contribution in [-0.4, -0.2) is 0 Å². The lowest BCUT2D eigenvalue weighted by Gasteiger charge is -2.23. The molecule has 0 radical (unpaired) electrons. The van der Waals surface area contributed by atoms with Gasteiger partial charge in [0.2, 0.25) is 0 Å². The van der Waals surface area contributed by atoms with E-state index in [1.807, 2.05) is 0 Å². The van der Waals surface area contributed by atoms with E-state index in [1.165, 1.54) is 38.5 Å². The van der Waals surface area contributed by atoms with Gasteiger partial charge in [0, 0.05) is 0 Å². The number of allylic oxidation sites excluding steroid dienone is 2. The number of fused-ring (bicyclic) bond motifs is 1. The van der Waals surface area contributed by atoms with Crippen molar-refractivity contribution in [2.45, 2.75) is 52.4 Å². The molecule has 0 aliphatic heterocycles. The minimum absolute atomic E-state index is 1.07. The highest BCUT2D eigenvalue weighted by Gasteiger charge is 2.32. The number of hydrogen-bond donors (Lipinski definition) is 0. The second-order valence-corrected chi connectivity index (χ2v) is 4.82. The highest BCUT2D eigenvalue weighted by molar-refractivity contribution is 5.16. The van der Waals surface area contributed by atoms with E-state index in [4.69, 9.17) is 0 Å². The summed E-state index contributed by atoms with van der Waals surface area (Å²) < 4.78 is 0. The molecule has 0 aromatic heterocycles. The average molecular weight is 164 g/mol. The third-order valence-corrected chi connectivity index (χ3v) is 3.79. The molecule has 0 bridgehead atoms. The molecular formula is C12H20. The Morgan fingerprint density at radius 2 is 1.50 bits per heavy atom. The summed E-state index contributed by atoms with van der Waals surface area (Å²) >= 11 is 0.